The van der Waals surface area contributed by atoms with Gasteiger partial charge in [-0.05, 0) is 60.9 Å². The Kier molecular flexibility index (Phi) is 9.41. The molecule has 3 aromatic rings. The Bertz CT molecular complexity index is 1050. The number of aryl methyl sites for hydroxylation is 1. The highest BCUT2D eigenvalue weighted by Crippen LogP contribution is 2.38. The lowest BCUT2D eigenvalue weighted by molar-refractivity contribution is -0.115. The first-order valence-electron chi connectivity index (χ1n) is 10.3. The maximum absolute atomic E-state index is 13.6. The number of rotatable bonds is 10. The van der Waals surface area contributed by atoms with Crippen LogP contribution in [-0.2, 0) is 10.5 Å². The van der Waals surface area contributed by atoms with Gasteiger partial charge in [-0.2, -0.15) is 0 Å². The van der Waals surface area contributed by atoms with Crippen molar-refractivity contribution < 1.29 is 14.3 Å². The number of pyridine rings is 1. The van der Waals surface area contributed by atoms with E-state index in [9.17, 15) is 4.79 Å². The molecule has 33 heavy (non-hydrogen) atoms. The van der Waals surface area contributed by atoms with Crippen LogP contribution < -0.4 is 14.8 Å². The van der Waals surface area contributed by atoms with Crippen LogP contribution in [0.1, 0.15) is 22.1 Å². The van der Waals surface area contributed by atoms with E-state index in [0.717, 1.165) is 43.9 Å². The van der Waals surface area contributed by atoms with Gasteiger partial charge in [-0.25, -0.2) is 4.98 Å². The number of methoxy groups -OCH3 is 2. The van der Waals surface area contributed by atoms with Gasteiger partial charge in [-0.1, -0.05) is 24.3 Å². The first-order valence-corrected chi connectivity index (χ1v) is 13.8. The number of hydrogen-bond donors (Lipinski definition) is 1. The molecule has 0 radical (unpaired) electrons. The minimum atomic E-state index is -0.399. The highest BCUT2D eigenvalue weighted by molar-refractivity contribution is 8.00. The van der Waals surface area contributed by atoms with Crippen molar-refractivity contribution in [3.8, 4) is 11.5 Å². The summed E-state index contributed by atoms with van der Waals surface area (Å²) in [5.41, 5.74) is 3.75. The van der Waals surface area contributed by atoms with Crippen LogP contribution in [-0.4, -0.2) is 37.6 Å². The molecular formula is C25H28N2O3S3. The molecule has 1 heterocycles. The molecule has 0 aliphatic heterocycles. The smallest absolute Gasteiger partial charge is 0.242 e. The van der Waals surface area contributed by atoms with E-state index in [1.165, 1.54) is 11.8 Å². The molecule has 3 rings (SSSR count). The van der Waals surface area contributed by atoms with Gasteiger partial charge >= 0.3 is 0 Å². The average molecular weight is 501 g/mol. The summed E-state index contributed by atoms with van der Waals surface area (Å²) in [5, 5.41) is 3.60. The molecule has 1 amide bonds. The van der Waals surface area contributed by atoms with Crippen LogP contribution in [0.3, 0.4) is 0 Å². The average Bonchev–Trinajstić information content (AvgIpc) is 2.85. The van der Waals surface area contributed by atoms with Gasteiger partial charge in [-0.3, -0.25) is 4.79 Å². The molecule has 1 unspecified atom stereocenters. The van der Waals surface area contributed by atoms with Crippen LogP contribution in [0.15, 0.2) is 64.5 Å². The number of nitrogens with one attached hydrogen (secondary N) is 1. The van der Waals surface area contributed by atoms with Crippen LogP contribution >= 0.6 is 35.3 Å². The van der Waals surface area contributed by atoms with Gasteiger partial charge < -0.3 is 14.8 Å². The van der Waals surface area contributed by atoms with Gasteiger partial charge in [0.25, 0.3) is 0 Å². The standard InChI is InChI=1S/C25H28N2O3S3/c1-16-14-21(31-4)22(25(26-16)32-5)27-24(28)23(18-8-12-20(30-3)13-9-18)33-15-17-6-10-19(29-2)11-7-17/h6-14,23H,15H2,1-5H3,(H,27,28). The normalized spacial score (nSPS) is 11.7. The SMILES string of the molecule is COc1ccc(CSC(C(=O)Nc2c(SC)cc(C)nc2SC)c2ccc(OC)cc2)cc1. The molecule has 174 valence electrons. The maximum Gasteiger partial charge on any atom is 0.242 e. The summed E-state index contributed by atoms with van der Waals surface area (Å²) >= 11 is 4.72. The molecule has 0 aliphatic carbocycles. The summed E-state index contributed by atoms with van der Waals surface area (Å²) in [6.45, 7) is 1.97. The Hall–Kier alpha value is -2.29. The molecule has 0 aliphatic rings. The highest BCUT2D eigenvalue weighted by Gasteiger charge is 2.24. The second-order valence-electron chi connectivity index (χ2n) is 7.15. The van der Waals surface area contributed by atoms with Gasteiger partial charge in [0.1, 0.15) is 21.8 Å². The number of nitrogens with zero attached hydrogens (tertiary/aromatic N) is 1. The fraction of sp³-hybridized carbons (Fsp3) is 0.280. The van der Waals surface area contributed by atoms with E-state index in [4.69, 9.17) is 9.47 Å². The third kappa shape index (κ3) is 6.62. The molecule has 1 atom stereocenters. The lowest BCUT2D eigenvalue weighted by atomic mass is 10.1. The van der Waals surface area contributed by atoms with Gasteiger partial charge in [0.05, 0.1) is 19.9 Å². The van der Waals surface area contributed by atoms with Gasteiger partial charge in [0.2, 0.25) is 5.91 Å². The molecule has 5 nitrogen and oxygen atoms in total. The molecule has 0 spiro atoms. The quantitative estimate of drug-likeness (QED) is 0.320. The van der Waals surface area contributed by atoms with E-state index in [-0.39, 0.29) is 5.91 Å². The van der Waals surface area contributed by atoms with Gasteiger partial charge in [-0.15, -0.1) is 35.3 Å². The molecule has 0 bridgehead atoms. The molecule has 0 saturated carbocycles. The third-order valence-corrected chi connectivity index (χ3v) is 7.74. The summed E-state index contributed by atoms with van der Waals surface area (Å²) in [5.74, 6) is 2.18. The highest BCUT2D eigenvalue weighted by atomic mass is 32.2. The lowest BCUT2D eigenvalue weighted by Crippen LogP contribution is -2.20. The molecular weight excluding hydrogens is 472 g/mol. The number of anilines is 1. The second kappa shape index (κ2) is 12.3. The minimum absolute atomic E-state index is 0.0741. The minimum Gasteiger partial charge on any atom is -0.497 e. The summed E-state index contributed by atoms with van der Waals surface area (Å²) in [6, 6.07) is 17.6. The van der Waals surface area contributed by atoms with Crippen molar-refractivity contribution in [1.82, 2.24) is 4.98 Å². The van der Waals surface area contributed by atoms with Gasteiger partial charge in [0, 0.05) is 16.3 Å². The number of aromatic nitrogens is 1. The van der Waals surface area contributed by atoms with Crippen molar-refractivity contribution in [2.75, 3.05) is 32.0 Å². The summed E-state index contributed by atoms with van der Waals surface area (Å²) < 4.78 is 10.5. The Labute approximate surface area is 208 Å². The first-order chi connectivity index (χ1) is 16.0. The number of thioether (sulfide) groups is 3. The molecule has 2 aromatic carbocycles. The topological polar surface area (TPSA) is 60.5 Å². The van der Waals surface area contributed by atoms with E-state index in [0.29, 0.717) is 5.75 Å². The zero-order valence-corrected chi connectivity index (χ0v) is 21.8. The molecule has 1 aromatic heterocycles. The summed E-state index contributed by atoms with van der Waals surface area (Å²) in [7, 11) is 3.29. The zero-order chi connectivity index (χ0) is 23.8. The number of benzene rings is 2. The van der Waals surface area contributed by atoms with Crippen LogP contribution in [0.2, 0.25) is 0 Å². The Morgan fingerprint density at radius 3 is 2.12 bits per heavy atom. The molecule has 1 N–H and O–H groups in total. The number of carbonyl (C=O) groups is 1. The number of ether oxygens (including phenoxy) is 2. The number of hydrogen-bond acceptors (Lipinski definition) is 7. The van der Waals surface area contributed by atoms with Crippen LogP contribution in [0.25, 0.3) is 0 Å². The predicted molar refractivity (Wildman–Crippen MR) is 141 cm³/mol. The van der Waals surface area contributed by atoms with Crippen molar-refractivity contribution >= 4 is 46.9 Å². The molecule has 0 saturated heterocycles. The summed E-state index contributed by atoms with van der Waals surface area (Å²) in [4.78, 5) is 19.2. The van der Waals surface area contributed by atoms with Crippen molar-refractivity contribution in [3.05, 3.63) is 71.4 Å². The van der Waals surface area contributed by atoms with E-state index in [1.807, 2.05) is 74.0 Å². The largest absolute Gasteiger partial charge is 0.497 e. The van der Waals surface area contributed by atoms with Crippen molar-refractivity contribution in [1.29, 1.82) is 0 Å². The van der Waals surface area contributed by atoms with E-state index >= 15 is 0 Å². The number of amides is 1. The zero-order valence-electron chi connectivity index (χ0n) is 19.4. The second-order valence-corrected chi connectivity index (χ2v) is 9.89. The Morgan fingerprint density at radius 1 is 0.970 bits per heavy atom. The van der Waals surface area contributed by atoms with Crippen molar-refractivity contribution in [3.63, 3.8) is 0 Å². The van der Waals surface area contributed by atoms with Crippen molar-refractivity contribution in [2.45, 2.75) is 27.8 Å². The predicted octanol–water partition coefficient (Wildman–Crippen LogP) is 6.46. The Morgan fingerprint density at radius 2 is 1.58 bits per heavy atom. The molecule has 8 heteroatoms. The third-order valence-electron chi connectivity index (χ3n) is 4.97. The van der Waals surface area contributed by atoms with Crippen LogP contribution in [0.5, 0.6) is 11.5 Å². The fourth-order valence-corrected chi connectivity index (χ4v) is 5.65. The first kappa shape index (κ1) is 25.3. The maximum atomic E-state index is 13.6. The van der Waals surface area contributed by atoms with Crippen LogP contribution in [0, 0.1) is 6.92 Å². The van der Waals surface area contributed by atoms with E-state index in [1.54, 1.807) is 37.7 Å². The van der Waals surface area contributed by atoms with Gasteiger partial charge in [0.15, 0.2) is 0 Å². The molecule has 0 fully saturated rings. The van der Waals surface area contributed by atoms with Crippen LogP contribution in [0.4, 0.5) is 5.69 Å². The number of carbonyl (C=O) groups excluding carboxylic acids is 1. The Balaban J connectivity index is 1.88. The van der Waals surface area contributed by atoms with E-state index in [2.05, 4.69) is 10.3 Å². The lowest BCUT2D eigenvalue weighted by Gasteiger charge is -2.20. The fourth-order valence-electron chi connectivity index (χ4n) is 3.23. The van der Waals surface area contributed by atoms with E-state index < -0.39 is 5.25 Å². The summed E-state index contributed by atoms with van der Waals surface area (Å²) in [6.07, 6.45) is 3.98. The van der Waals surface area contributed by atoms with Crippen molar-refractivity contribution in [2.24, 2.45) is 0 Å². The monoisotopic (exact) mass is 500 g/mol.